The third kappa shape index (κ3) is 43.3. The first kappa shape index (κ1) is 48.5. The summed E-state index contributed by atoms with van der Waals surface area (Å²) < 4.78 is 16.9. The van der Waals surface area contributed by atoms with Crippen LogP contribution in [0.5, 0.6) is 0 Å². The zero-order valence-electron chi connectivity index (χ0n) is 33.0. The molecule has 5 heteroatoms. The van der Waals surface area contributed by atoms with E-state index >= 15 is 0 Å². The Morgan fingerprint density at radius 3 is 1.15 bits per heavy atom. The highest BCUT2D eigenvalue weighted by atomic mass is 16.7. The third-order valence-corrected chi connectivity index (χ3v) is 9.23. The largest absolute Gasteiger partial charge is 0.468 e. The van der Waals surface area contributed by atoms with Gasteiger partial charge in [-0.3, -0.25) is 4.79 Å². The Morgan fingerprint density at radius 2 is 0.766 bits per heavy atom. The van der Waals surface area contributed by atoms with E-state index in [0.717, 1.165) is 26.1 Å². The molecular weight excluding hydrogens is 582 g/mol. The van der Waals surface area contributed by atoms with Gasteiger partial charge in [0.2, 0.25) is 0 Å². The molecule has 0 unspecified atom stereocenters. The first-order valence-corrected chi connectivity index (χ1v) is 21.2. The summed E-state index contributed by atoms with van der Waals surface area (Å²) in [6, 6.07) is 0. The summed E-state index contributed by atoms with van der Waals surface area (Å²) in [6.45, 7) is 18.1. The number of nitrogens with zero attached hydrogens (tertiary/aromatic N) is 1. The zero-order valence-corrected chi connectivity index (χ0v) is 33.0. The van der Waals surface area contributed by atoms with Gasteiger partial charge in [0.1, 0.15) is 0 Å². The number of carbonyl (C=O) groups excluding carboxylic acids is 1. The summed E-state index contributed by atoms with van der Waals surface area (Å²) in [6.07, 6.45) is 38.0. The quantitative estimate of drug-likeness (QED) is 0.0370. The molecule has 0 saturated carbocycles. The lowest BCUT2D eigenvalue weighted by Crippen LogP contribution is -2.25. The second kappa shape index (κ2) is 45.3. The van der Waals surface area contributed by atoms with Gasteiger partial charge >= 0.3 is 0 Å². The number of carbonyl (C=O) groups is 1. The third-order valence-electron chi connectivity index (χ3n) is 9.23. The van der Waals surface area contributed by atoms with Crippen molar-refractivity contribution in [3.63, 3.8) is 0 Å². The summed E-state index contributed by atoms with van der Waals surface area (Å²) in [5.74, 6) is 0. The molecule has 0 rings (SSSR count). The van der Waals surface area contributed by atoms with Gasteiger partial charge in [0.25, 0.3) is 6.47 Å². The molecule has 0 aromatic rings. The monoisotopic (exact) mass is 670 g/mol. The molecule has 5 nitrogen and oxygen atoms in total. The van der Waals surface area contributed by atoms with Crippen LogP contribution in [0.1, 0.15) is 221 Å². The fourth-order valence-corrected chi connectivity index (χ4v) is 5.97. The average Bonchev–Trinajstić information content (AvgIpc) is 3.09. The second-order valence-corrected chi connectivity index (χ2v) is 13.8. The normalized spacial score (nSPS) is 11.3. The molecular formula is C42H87NO4. The average molecular weight is 670 g/mol. The molecule has 0 aromatic carbocycles. The Bertz CT molecular complexity index is 531. The molecule has 0 atom stereocenters. The van der Waals surface area contributed by atoms with Crippen molar-refractivity contribution in [1.82, 2.24) is 4.90 Å². The van der Waals surface area contributed by atoms with Crippen LogP contribution in [0.25, 0.3) is 0 Å². The summed E-state index contributed by atoms with van der Waals surface area (Å²) in [5, 5.41) is 0. The maximum atomic E-state index is 9.76. The number of rotatable bonds is 39. The summed E-state index contributed by atoms with van der Waals surface area (Å²) in [5.41, 5.74) is 0. The van der Waals surface area contributed by atoms with Gasteiger partial charge in [-0.15, -0.1) is 0 Å². The van der Waals surface area contributed by atoms with E-state index in [4.69, 9.17) is 9.47 Å². The van der Waals surface area contributed by atoms with Crippen LogP contribution in [-0.4, -0.2) is 57.1 Å². The van der Waals surface area contributed by atoms with E-state index in [0.29, 0.717) is 13.1 Å². The van der Waals surface area contributed by atoms with Crippen molar-refractivity contribution in [2.75, 3.05) is 39.5 Å². The molecule has 0 heterocycles. The van der Waals surface area contributed by atoms with Gasteiger partial charge in [-0.1, -0.05) is 176 Å². The molecule has 0 aromatic heterocycles. The SMILES string of the molecule is CCCCCCCCCOC=O.CCCCCCCCN(CC)CCCCCCCC(OCCCCCCC)OCCCCCCC. The highest BCUT2D eigenvalue weighted by molar-refractivity contribution is 5.36. The number of hydrogen-bond acceptors (Lipinski definition) is 5. The highest BCUT2D eigenvalue weighted by Gasteiger charge is 2.10. The maximum Gasteiger partial charge on any atom is 0.293 e. The number of hydrogen-bond donors (Lipinski definition) is 0. The van der Waals surface area contributed by atoms with E-state index in [1.54, 1.807) is 0 Å². The summed E-state index contributed by atoms with van der Waals surface area (Å²) >= 11 is 0. The van der Waals surface area contributed by atoms with Crippen LogP contribution in [0.15, 0.2) is 0 Å². The minimum atomic E-state index is 0.0280. The van der Waals surface area contributed by atoms with Crippen molar-refractivity contribution >= 4 is 6.47 Å². The lowest BCUT2D eigenvalue weighted by atomic mass is 10.1. The van der Waals surface area contributed by atoms with Crippen LogP contribution >= 0.6 is 0 Å². The molecule has 0 bridgehead atoms. The Balaban J connectivity index is 0. The smallest absolute Gasteiger partial charge is 0.293 e. The lowest BCUT2D eigenvalue weighted by molar-refractivity contribution is -0.148. The molecule has 0 aliphatic rings. The van der Waals surface area contributed by atoms with Crippen molar-refractivity contribution in [1.29, 1.82) is 0 Å². The van der Waals surface area contributed by atoms with Crippen LogP contribution in [0.2, 0.25) is 0 Å². The van der Waals surface area contributed by atoms with Gasteiger partial charge in [0.05, 0.1) is 6.61 Å². The molecule has 0 N–H and O–H groups in total. The lowest BCUT2D eigenvalue weighted by Gasteiger charge is -2.20. The van der Waals surface area contributed by atoms with Crippen molar-refractivity contribution in [2.45, 2.75) is 227 Å². The molecule has 0 fully saturated rings. The molecule has 0 amide bonds. The van der Waals surface area contributed by atoms with Crippen molar-refractivity contribution in [3.8, 4) is 0 Å². The van der Waals surface area contributed by atoms with E-state index < -0.39 is 0 Å². The zero-order chi connectivity index (χ0) is 34.7. The minimum absolute atomic E-state index is 0.0280. The molecule has 47 heavy (non-hydrogen) atoms. The molecule has 0 radical (unpaired) electrons. The van der Waals surface area contributed by atoms with Crippen LogP contribution in [0, 0.1) is 0 Å². The summed E-state index contributed by atoms with van der Waals surface area (Å²) in [7, 11) is 0. The topological polar surface area (TPSA) is 48.0 Å². The minimum Gasteiger partial charge on any atom is -0.468 e. The Labute approximate surface area is 296 Å². The molecule has 0 aliphatic heterocycles. The molecule has 0 aliphatic carbocycles. The van der Waals surface area contributed by atoms with Crippen LogP contribution < -0.4 is 0 Å². The fraction of sp³-hybridized carbons (Fsp3) is 0.976. The van der Waals surface area contributed by atoms with Gasteiger partial charge in [-0.2, -0.15) is 0 Å². The number of ether oxygens (including phenoxy) is 3. The van der Waals surface area contributed by atoms with Crippen LogP contribution in [-0.2, 0) is 19.0 Å². The molecule has 284 valence electrons. The van der Waals surface area contributed by atoms with Gasteiger partial charge in [-0.25, -0.2) is 0 Å². The van der Waals surface area contributed by atoms with Gasteiger partial charge in [0.15, 0.2) is 6.29 Å². The molecule has 0 spiro atoms. The first-order chi connectivity index (χ1) is 23.2. The first-order valence-electron chi connectivity index (χ1n) is 21.2. The van der Waals surface area contributed by atoms with Gasteiger partial charge < -0.3 is 19.1 Å². The maximum absolute atomic E-state index is 9.76. The van der Waals surface area contributed by atoms with Crippen LogP contribution in [0.3, 0.4) is 0 Å². The van der Waals surface area contributed by atoms with Crippen LogP contribution in [0.4, 0.5) is 0 Å². The Hall–Kier alpha value is -0.650. The Kier molecular flexibility index (Phi) is 46.8. The van der Waals surface area contributed by atoms with E-state index in [-0.39, 0.29) is 6.29 Å². The predicted octanol–water partition coefficient (Wildman–Crippen LogP) is 13.2. The van der Waals surface area contributed by atoms with Crippen molar-refractivity contribution in [3.05, 3.63) is 0 Å². The van der Waals surface area contributed by atoms with E-state index in [9.17, 15) is 4.79 Å². The van der Waals surface area contributed by atoms with Crippen molar-refractivity contribution in [2.24, 2.45) is 0 Å². The molecule has 0 saturated heterocycles. The van der Waals surface area contributed by atoms with E-state index in [1.165, 1.54) is 193 Å². The second-order valence-electron chi connectivity index (χ2n) is 13.8. The fourth-order valence-electron chi connectivity index (χ4n) is 5.97. The predicted molar refractivity (Wildman–Crippen MR) is 206 cm³/mol. The Morgan fingerprint density at radius 1 is 0.426 bits per heavy atom. The van der Waals surface area contributed by atoms with Gasteiger partial charge in [-0.05, 0) is 64.6 Å². The standard InChI is InChI=1S/C32H67NO2.C10H20O2/c1-5-9-12-15-18-23-28-33(8-4)29-24-19-16-17-22-27-32(34-30-25-20-13-10-6-2)35-31-26-21-14-11-7-3;1-2-3-4-5-6-7-8-9-12-10-11/h32H,5-31H2,1-4H3;10H,2-9H2,1H3. The van der Waals surface area contributed by atoms with E-state index in [2.05, 4.69) is 44.3 Å². The highest BCUT2D eigenvalue weighted by Crippen LogP contribution is 2.14. The van der Waals surface area contributed by atoms with Gasteiger partial charge in [0, 0.05) is 13.2 Å². The number of unbranched alkanes of at least 4 members (excludes halogenated alkanes) is 23. The van der Waals surface area contributed by atoms with E-state index in [1.807, 2.05) is 0 Å². The van der Waals surface area contributed by atoms with Crippen molar-refractivity contribution < 1.29 is 19.0 Å². The summed E-state index contributed by atoms with van der Waals surface area (Å²) in [4.78, 5) is 12.4.